The first-order chi connectivity index (χ1) is 7.29. The van der Waals surface area contributed by atoms with E-state index in [0.29, 0.717) is 5.69 Å². The van der Waals surface area contributed by atoms with E-state index in [1.807, 2.05) is 0 Å². The zero-order valence-corrected chi connectivity index (χ0v) is 9.43. The summed E-state index contributed by atoms with van der Waals surface area (Å²) in [6.45, 7) is 4.74. The molecule has 0 saturated heterocycles. The van der Waals surface area contributed by atoms with Crippen molar-refractivity contribution in [1.29, 1.82) is 0 Å². The van der Waals surface area contributed by atoms with Crippen molar-refractivity contribution in [3.63, 3.8) is 0 Å². The minimum atomic E-state index is -1.04. The van der Waals surface area contributed by atoms with Crippen molar-refractivity contribution in [3.05, 3.63) is 27.9 Å². The molecule has 0 spiro atoms. The molecule has 0 unspecified atom stereocenters. The molecular formula is C10H14N2O4. The van der Waals surface area contributed by atoms with E-state index in [1.165, 1.54) is 6.07 Å². The van der Waals surface area contributed by atoms with Crippen LogP contribution in [0.4, 0.5) is 5.82 Å². The Bertz CT molecular complexity index is 398. The molecular weight excluding hydrogens is 212 g/mol. The average molecular weight is 226 g/mol. The maximum atomic E-state index is 10.7. The Morgan fingerprint density at radius 2 is 2.19 bits per heavy atom. The fourth-order valence-electron chi connectivity index (χ4n) is 1.03. The van der Waals surface area contributed by atoms with Crippen molar-refractivity contribution in [3.8, 4) is 5.75 Å². The van der Waals surface area contributed by atoms with Gasteiger partial charge in [-0.2, -0.15) is 0 Å². The van der Waals surface area contributed by atoms with Gasteiger partial charge in [0.05, 0.1) is 5.60 Å². The fourth-order valence-corrected chi connectivity index (χ4v) is 1.03. The van der Waals surface area contributed by atoms with Gasteiger partial charge in [-0.3, -0.25) is 0 Å². The van der Waals surface area contributed by atoms with Crippen LogP contribution in [0.3, 0.4) is 0 Å². The molecule has 0 saturated carbocycles. The van der Waals surface area contributed by atoms with Gasteiger partial charge in [-0.25, -0.2) is 0 Å². The molecule has 16 heavy (non-hydrogen) atoms. The maximum absolute atomic E-state index is 10.7. The van der Waals surface area contributed by atoms with Crippen LogP contribution < -0.4 is 4.74 Å². The van der Waals surface area contributed by atoms with Gasteiger partial charge < -0.3 is 20.0 Å². The molecule has 1 rings (SSSR count). The van der Waals surface area contributed by atoms with Gasteiger partial charge in [0.1, 0.15) is 12.3 Å². The van der Waals surface area contributed by atoms with Crippen molar-refractivity contribution in [2.75, 3.05) is 6.61 Å². The van der Waals surface area contributed by atoms with Crippen molar-refractivity contribution < 1.29 is 14.8 Å². The quantitative estimate of drug-likeness (QED) is 0.620. The van der Waals surface area contributed by atoms with Gasteiger partial charge in [0.2, 0.25) is 5.75 Å². The van der Waals surface area contributed by atoms with Gasteiger partial charge in [0, 0.05) is 6.92 Å². The Labute approximate surface area is 93.0 Å². The summed E-state index contributed by atoms with van der Waals surface area (Å²) in [5.41, 5.74) is -0.499. The van der Waals surface area contributed by atoms with Gasteiger partial charge in [-0.1, -0.05) is 0 Å². The largest absolute Gasteiger partial charge is 0.483 e. The van der Waals surface area contributed by atoms with Crippen LogP contribution in [-0.4, -0.2) is 27.2 Å². The van der Waals surface area contributed by atoms with E-state index in [0.717, 1.165) is 0 Å². The van der Waals surface area contributed by atoms with Crippen molar-refractivity contribution in [2.24, 2.45) is 0 Å². The molecule has 0 amide bonds. The number of pyridine rings is 1. The van der Waals surface area contributed by atoms with E-state index < -0.39 is 10.5 Å². The number of nitrogens with zero attached hydrogens (tertiary/aromatic N) is 2. The number of ether oxygens (including phenoxy) is 1. The minimum Gasteiger partial charge on any atom is -0.483 e. The lowest BCUT2D eigenvalue weighted by molar-refractivity contribution is -0.390. The zero-order valence-electron chi connectivity index (χ0n) is 9.43. The van der Waals surface area contributed by atoms with Gasteiger partial charge in [0.15, 0.2) is 0 Å². The smallest absolute Gasteiger partial charge is 0.406 e. The molecule has 0 aromatic carbocycles. The molecule has 0 aliphatic rings. The van der Waals surface area contributed by atoms with Crippen LogP contribution in [0.5, 0.6) is 5.75 Å². The highest BCUT2D eigenvalue weighted by atomic mass is 16.6. The van der Waals surface area contributed by atoms with Crippen molar-refractivity contribution >= 4 is 5.82 Å². The van der Waals surface area contributed by atoms with E-state index in [2.05, 4.69) is 4.98 Å². The third-order valence-corrected chi connectivity index (χ3v) is 1.73. The van der Waals surface area contributed by atoms with Crippen LogP contribution in [-0.2, 0) is 0 Å². The third-order valence-electron chi connectivity index (χ3n) is 1.73. The van der Waals surface area contributed by atoms with E-state index in [-0.39, 0.29) is 18.2 Å². The zero-order chi connectivity index (χ0) is 12.3. The lowest BCUT2D eigenvalue weighted by Crippen LogP contribution is -2.28. The maximum Gasteiger partial charge on any atom is 0.406 e. The monoisotopic (exact) mass is 226 g/mol. The molecule has 0 bridgehead atoms. The van der Waals surface area contributed by atoms with Gasteiger partial charge >= 0.3 is 5.82 Å². The highest BCUT2D eigenvalue weighted by molar-refractivity contribution is 5.40. The van der Waals surface area contributed by atoms with Crippen LogP contribution in [0, 0.1) is 17.0 Å². The summed E-state index contributed by atoms with van der Waals surface area (Å²) in [7, 11) is 0. The van der Waals surface area contributed by atoms with Crippen LogP contribution in [0.2, 0.25) is 0 Å². The van der Waals surface area contributed by atoms with Crippen molar-refractivity contribution in [2.45, 2.75) is 26.4 Å². The predicted octanol–water partition coefficient (Wildman–Crippen LogP) is 1.45. The molecule has 1 heterocycles. The van der Waals surface area contributed by atoms with Crippen LogP contribution in [0.15, 0.2) is 12.1 Å². The summed E-state index contributed by atoms with van der Waals surface area (Å²) in [5, 5.41) is 20.1. The minimum absolute atomic E-state index is 0.0292. The van der Waals surface area contributed by atoms with Crippen LogP contribution >= 0.6 is 0 Å². The lowest BCUT2D eigenvalue weighted by atomic mass is 10.2. The second-order valence-electron chi connectivity index (χ2n) is 4.13. The Kier molecular flexibility index (Phi) is 3.44. The van der Waals surface area contributed by atoms with Crippen LogP contribution in [0.1, 0.15) is 19.5 Å². The molecule has 6 heteroatoms. The first-order valence-electron chi connectivity index (χ1n) is 4.77. The fraction of sp³-hybridized carbons (Fsp3) is 0.500. The molecule has 0 fully saturated rings. The van der Waals surface area contributed by atoms with Crippen molar-refractivity contribution in [1.82, 2.24) is 4.98 Å². The number of aryl methyl sites for hydroxylation is 1. The molecule has 0 aliphatic carbocycles. The van der Waals surface area contributed by atoms with Gasteiger partial charge in [-0.05, 0) is 35.9 Å². The van der Waals surface area contributed by atoms with E-state index >= 15 is 0 Å². The summed E-state index contributed by atoms with van der Waals surface area (Å²) in [6, 6.07) is 3.10. The molecule has 1 N–H and O–H groups in total. The Morgan fingerprint density at radius 3 is 2.69 bits per heavy atom. The molecule has 0 atom stereocenters. The highest BCUT2D eigenvalue weighted by Gasteiger charge is 2.20. The number of hydrogen-bond acceptors (Lipinski definition) is 5. The highest BCUT2D eigenvalue weighted by Crippen LogP contribution is 2.25. The molecule has 0 radical (unpaired) electrons. The summed E-state index contributed by atoms with van der Waals surface area (Å²) < 4.78 is 5.16. The van der Waals surface area contributed by atoms with Gasteiger partial charge in [0.25, 0.3) is 0 Å². The lowest BCUT2D eigenvalue weighted by Gasteiger charge is -2.17. The Morgan fingerprint density at radius 1 is 1.56 bits per heavy atom. The van der Waals surface area contributed by atoms with Gasteiger partial charge in [-0.15, -0.1) is 0 Å². The molecule has 88 valence electrons. The second kappa shape index (κ2) is 4.44. The predicted molar refractivity (Wildman–Crippen MR) is 57.4 cm³/mol. The number of hydrogen-bond donors (Lipinski definition) is 1. The summed E-state index contributed by atoms with van der Waals surface area (Å²) in [5.74, 6) is -0.262. The Balaban J connectivity index is 2.91. The molecule has 1 aromatic rings. The molecule has 6 nitrogen and oxygen atoms in total. The van der Waals surface area contributed by atoms with E-state index in [9.17, 15) is 15.2 Å². The summed E-state index contributed by atoms with van der Waals surface area (Å²) in [4.78, 5) is 13.9. The number of aliphatic hydroxyl groups is 1. The summed E-state index contributed by atoms with van der Waals surface area (Å²) in [6.07, 6.45) is 0. The molecule has 0 aliphatic heterocycles. The first kappa shape index (κ1) is 12.4. The number of aromatic nitrogens is 1. The summed E-state index contributed by atoms with van der Waals surface area (Å²) >= 11 is 0. The van der Waals surface area contributed by atoms with E-state index in [4.69, 9.17) is 4.74 Å². The first-order valence-corrected chi connectivity index (χ1v) is 4.77. The second-order valence-corrected chi connectivity index (χ2v) is 4.13. The normalized spacial score (nSPS) is 11.2. The standard InChI is InChI=1S/C10H14N2O4/c1-7-4-5-8(9(11-7)12(14)15)16-6-10(2,3)13/h4-5,13H,6H2,1-3H3. The van der Waals surface area contributed by atoms with E-state index in [1.54, 1.807) is 26.8 Å². The number of rotatable bonds is 4. The average Bonchev–Trinajstić information content (AvgIpc) is 2.14. The molecule has 1 aromatic heterocycles. The topological polar surface area (TPSA) is 85.5 Å². The Hall–Kier alpha value is -1.69. The third kappa shape index (κ3) is 3.47. The number of nitro groups is 1. The van der Waals surface area contributed by atoms with Crippen LogP contribution in [0.25, 0.3) is 0 Å². The SMILES string of the molecule is Cc1ccc(OCC(C)(C)O)c([N+](=O)[O-])n1.